The molecule has 1 aliphatic carbocycles. The lowest BCUT2D eigenvalue weighted by molar-refractivity contribution is -0.182. The molecule has 0 aromatic carbocycles. The van der Waals surface area contributed by atoms with E-state index in [1.165, 1.54) is 0 Å². The first-order chi connectivity index (χ1) is 13.7. The van der Waals surface area contributed by atoms with Gasteiger partial charge in [-0.25, -0.2) is 9.50 Å². The first-order valence-electron chi connectivity index (χ1n) is 10.2. The van der Waals surface area contributed by atoms with Crippen molar-refractivity contribution in [1.29, 1.82) is 5.41 Å². The highest BCUT2D eigenvalue weighted by atomic mass is 19.4. The number of hydrogen-bond donors (Lipinski definition) is 2. The van der Waals surface area contributed by atoms with Crippen LogP contribution >= 0.6 is 0 Å². The predicted octanol–water partition coefficient (Wildman–Crippen LogP) is 3.95. The summed E-state index contributed by atoms with van der Waals surface area (Å²) in [5.74, 6) is -0.875. The minimum Gasteiger partial charge on any atom is -0.370 e. The zero-order valence-corrected chi connectivity index (χ0v) is 16.5. The van der Waals surface area contributed by atoms with Crippen LogP contribution in [0.3, 0.4) is 0 Å². The highest BCUT2D eigenvalue weighted by Gasteiger charge is 2.42. The summed E-state index contributed by atoms with van der Waals surface area (Å²) in [6, 6.07) is 3.96. The fraction of sp³-hybridized carbons (Fsp3) is 0.650. The molecule has 2 aliphatic rings. The van der Waals surface area contributed by atoms with Crippen LogP contribution in [-0.4, -0.2) is 44.7 Å². The van der Waals surface area contributed by atoms with E-state index in [0.29, 0.717) is 19.4 Å². The van der Waals surface area contributed by atoms with Crippen LogP contribution in [0.4, 0.5) is 13.2 Å². The molecule has 3 heterocycles. The van der Waals surface area contributed by atoms with Crippen molar-refractivity contribution in [3.8, 4) is 0 Å². The molecule has 1 saturated heterocycles. The van der Waals surface area contributed by atoms with E-state index in [1.807, 2.05) is 28.5 Å². The number of aryl methyl sites for hydroxylation is 1. The Hall–Kier alpha value is -2.32. The van der Waals surface area contributed by atoms with Crippen molar-refractivity contribution < 1.29 is 13.2 Å². The van der Waals surface area contributed by atoms with Crippen LogP contribution in [0.15, 0.2) is 12.1 Å². The van der Waals surface area contributed by atoms with Gasteiger partial charge < -0.3 is 10.6 Å². The molecule has 158 valence electrons. The molecule has 6 nitrogen and oxygen atoms in total. The SMILES string of the molecule is Cc1cc([C@@H]2CCCN(C(=N)N)C2)n2nc(C3CCC(C(F)(F)F)CC3)cc2n1. The van der Waals surface area contributed by atoms with Crippen LogP contribution in [0.25, 0.3) is 5.65 Å². The number of piperidine rings is 1. The van der Waals surface area contributed by atoms with E-state index in [1.54, 1.807) is 0 Å². The van der Waals surface area contributed by atoms with E-state index >= 15 is 0 Å². The van der Waals surface area contributed by atoms with Gasteiger partial charge >= 0.3 is 6.18 Å². The van der Waals surface area contributed by atoms with Gasteiger partial charge in [-0.15, -0.1) is 0 Å². The Bertz CT molecular complexity index is 897. The quantitative estimate of drug-likeness (QED) is 0.582. The van der Waals surface area contributed by atoms with Gasteiger partial charge in [-0.2, -0.15) is 18.3 Å². The van der Waals surface area contributed by atoms with E-state index in [-0.39, 0.29) is 30.6 Å². The van der Waals surface area contributed by atoms with Gasteiger partial charge in [0.05, 0.1) is 17.3 Å². The van der Waals surface area contributed by atoms with Gasteiger partial charge in [-0.1, -0.05) is 0 Å². The third-order valence-corrected chi connectivity index (χ3v) is 6.39. The molecule has 2 fully saturated rings. The molecule has 0 bridgehead atoms. The topological polar surface area (TPSA) is 83.3 Å². The Morgan fingerprint density at radius 3 is 2.52 bits per heavy atom. The largest absolute Gasteiger partial charge is 0.391 e. The number of halogens is 3. The van der Waals surface area contributed by atoms with Crippen molar-refractivity contribution in [3.05, 3.63) is 29.2 Å². The molecule has 0 spiro atoms. The van der Waals surface area contributed by atoms with Crippen LogP contribution in [-0.2, 0) is 0 Å². The Balaban J connectivity index is 1.60. The summed E-state index contributed by atoms with van der Waals surface area (Å²) >= 11 is 0. The smallest absolute Gasteiger partial charge is 0.370 e. The van der Waals surface area contributed by atoms with Crippen LogP contribution in [0, 0.1) is 18.3 Å². The standard InChI is InChI=1S/C20H27F3N6/c1-12-9-17(14-3-2-8-28(11-14)19(24)25)29-18(26-12)10-16(27-29)13-4-6-15(7-5-13)20(21,22)23/h9-10,13-15H,2-8,11H2,1H3,(H3,24,25)/t13?,14-,15?/m1/s1. The molecule has 9 heteroatoms. The number of fused-ring (bicyclic) bond motifs is 1. The summed E-state index contributed by atoms with van der Waals surface area (Å²) in [7, 11) is 0. The average molecular weight is 408 g/mol. The number of aromatic nitrogens is 3. The van der Waals surface area contributed by atoms with E-state index in [0.717, 1.165) is 42.1 Å². The van der Waals surface area contributed by atoms with Gasteiger partial charge in [0.2, 0.25) is 0 Å². The van der Waals surface area contributed by atoms with Crippen molar-refractivity contribution in [3.63, 3.8) is 0 Å². The number of rotatable bonds is 2. The number of nitrogens with one attached hydrogen (secondary N) is 1. The maximum absolute atomic E-state index is 13.0. The second kappa shape index (κ2) is 7.50. The zero-order chi connectivity index (χ0) is 20.8. The lowest BCUT2D eigenvalue weighted by Gasteiger charge is -2.33. The van der Waals surface area contributed by atoms with E-state index in [9.17, 15) is 13.2 Å². The number of nitrogens with zero attached hydrogens (tertiary/aromatic N) is 4. The van der Waals surface area contributed by atoms with Gasteiger partial charge in [0, 0.05) is 36.7 Å². The number of alkyl halides is 3. The van der Waals surface area contributed by atoms with Crippen LogP contribution in [0.5, 0.6) is 0 Å². The number of nitrogens with two attached hydrogens (primary N) is 1. The second-order valence-corrected chi connectivity index (χ2v) is 8.42. The molecule has 1 atom stereocenters. The summed E-state index contributed by atoms with van der Waals surface area (Å²) in [6.07, 6.45) is -0.834. The second-order valence-electron chi connectivity index (χ2n) is 8.42. The highest BCUT2D eigenvalue weighted by Crippen LogP contribution is 2.42. The normalized spacial score (nSPS) is 26.1. The summed E-state index contributed by atoms with van der Waals surface area (Å²) in [6.45, 7) is 3.39. The Labute approximate surface area is 167 Å². The number of hydrogen-bond acceptors (Lipinski definition) is 3. The summed E-state index contributed by atoms with van der Waals surface area (Å²) in [5, 5.41) is 12.5. The molecule has 0 unspecified atom stereocenters. The van der Waals surface area contributed by atoms with Gasteiger partial charge in [0.15, 0.2) is 11.6 Å². The molecule has 29 heavy (non-hydrogen) atoms. The third-order valence-electron chi connectivity index (χ3n) is 6.39. The number of likely N-dealkylation sites (tertiary alicyclic amines) is 1. The summed E-state index contributed by atoms with van der Waals surface area (Å²) in [4.78, 5) is 6.47. The molecule has 3 N–H and O–H groups in total. The molecule has 0 radical (unpaired) electrons. The Morgan fingerprint density at radius 1 is 1.14 bits per heavy atom. The molecule has 2 aromatic heterocycles. The zero-order valence-electron chi connectivity index (χ0n) is 16.5. The van der Waals surface area contributed by atoms with Crippen molar-refractivity contribution in [2.45, 2.75) is 63.5 Å². The predicted molar refractivity (Wildman–Crippen MR) is 104 cm³/mol. The van der Waals surface area contributed by atoms with E-state index in [4.69, 9.17) is 16.2 Å². The molecule has 0 amide bonds. The minimum absolute atomic E-state index is 0.0449. The molecule has 4 rings (SSSR count). The first-order valence-corrected chi connectivity index (χ1v) is 10.2. The third kappa shape index (κ3) is 4.04. The van der Waals surface area contributed by atoms with Gasteiger partial charge in [0.1, 0.15) is 0 Å². The fourth-order valence-electron chi connectivity index (χ4n) is 4.79. The monoisotopic (exact) mass is 408 g/mol. The molecule has 1 saturated carbocycles. The van der Waals surface area contributed by atoms with Gasteiger partial charge in [-0.05, 0) is 51.5 Å². The summed E-state index contributed by atoms with van der Waals surface area (Å²) in [5.41, 5.74) is 9.19. The fourth-order valence-corrected chi connectivity index (χ4v) is 4.79. The molecule has 2 aromatic rings. The lowest BCUT2D eigenvalue weighted by atomic mass is 9.80. The van der Waals surface area contributed by atoms with Crippen molar-refractivity contribution in [1.82, 2.24) is 19.5 Å². The molecular formula is C20H27F3N6. The molecular weight excluding hydrogens is 381 g/mol. The maximum Gasteiger partial charge on any atom is 0.391 e. The van der Waals surface area contributed by atoms with Crippen molar-refractivity contribution in [2.75, 3.05) is 13.1 Å². The Kier molecular flexibility index (Phi) is 5.16. The maximum atomic E-state index is 13.0. The van der Waals surface area contributed by atoms with Crippen LogP contribution in [0.1, 0.15) is 67.4 Å². The van der Waals surface area contributed by atoms with Crippen molar-refractivity contribution in [2.24, 2.45) is 11.7 Å². The van der Waals surface area contributed by atoms with E-state index < -0.39 is 12.1 Å². The highest BCUT2D eigenvalue weighted by molar-refractivity contribution is 5.74. The van der Waals surface area contributed by atoms with Crippen LogP contribution < -0.4 is 5.73 Å². The van der Waals surface area contributed by atoms with Crippen LogP contribution in [0.2, 0.25) is 0 Å². The average Bonchev–Trinajstić information content (AvgIpc) is 3.10. The first kappa shape index (κ1) is 20.0. The Morgan fingerprint density at radius 2 is 1.86 bits per heavy atom. The lowest BCUT2D eigenvalue weighted by Crippen LogP contribution is -2.43. The minimum atomic E-state index is -4.10. The van der Waals surface area contributed by atoms with Gasteiger partial charge in [-0.3, -0.25) is 5.41 Å². The van der Waals surface area contributed by atoms with Crippen molar-refractivity contribution >= 4 is 11.6 Å². The number of guanidine groups is 1. The van der Waals surface area contributed by atoms with Gasteiger partial charge in [0.25, 0.3) is 0 Å². The molecule has 1 aliphatic heterocycles. The summed E-state index contributed by atoms with van der Waals surface area (Å²) < 4.78 is 40.8. The van der Waals surface area contributed by atoms with E-state index in [2.05, 4.69) is 4.98 Å².